The van der Waals surface area contributed by atoms with Gasteiger partial charge in [-0.15, -0.1) is 0 Å². The quantitative estimate of drug-likeness (QED) is 0.279. The van der Waals surface area contributed by atoms with Crippen molar-refractivity contribution in [2.45, 2.75) is 19.6 Å². The summed E-state index contributed by atoms with van der Waals surface area (Å²) in [5.74, 6) is 0. The van der Waals surface area contributed by atoms with Gasteiger partial charge in [0.2, 0.25) is 0 Å². The first-order valence-electron chi connectivity index (χ1n) is 4.91. The summed E-state index contributed by atoms with van der Waals surface area (Å²) in [5, 5.41) is 14.0. The number of nitro groups is 1. The second-order valence-electron chi connectivity index (χ2n) is 4.45. The molecule has 1 N–H and O–H groups in total. The van der Waals surface area contributed by atoms with Crippen molar-refractivity contribution in [2.24, 2.45) is 0 Å². The fourth-order valence-electron chi connectivity index (χ4n) is 1.20. The number of rotatable bonds is 2. The molecule has 0 radical (unpaired) electrons. The van der Waals surface area contributed by atoms with Gasteiger partial charge in [0.25, 0.3) is 0 Å². The third kappa shape index (κ3) is 3.75. The third-order valence-corrected chi connectivity index (χ3v) is 4.17. The zero-order valence-electron chi connectivity index (χ0n) is 9.57. The van der Waals surface area contributed by atoms with Gasteiger partial charge in [0.1, 0.15) is 4.92 Å². The van der Waals surface area contributed by atoms with Gasteiger partial charge in [0.05, 0.1) is 14.1 Å². The monoisotopic (exact) mass is 234 g/mol. The van der Waals surface area contributed by atoms with Gasteiger partial charge in [0.15, 0.2) is 0 Å². The molecule has 0 spiro atoms. The van der Waals surface area contributed by atoms with E-state index in [2.05, 4.69) is 31.0 Å². The number of hydrogen-bond acceptors (Lipinski definition) is 3. The molecule has 0 aliphatic rings. The van der Waals surface area contributed by atoms with E-state index in [9.17, 15) is 10.1 Å². The van der Waals surface area contributed by atoms with E-state index < -0.39 is 13.0 Å². The van der Waals surface area contributed by atoms with E-state index >= 15 is 0 Å². The largest absolute Gasteiger partial charge is 0.313 e. The van der Waals surface area contributed by atoms with Crippen LogP contribution in [0.15, 0.2) is 24.3 Å². The fraction of sp³-hybridized carbons (Fsp3) is 0.273. The fourth-order valence-corrected chi connectivity index (χ4v) is 2.37. The summed E-state index contributed by atoms with van der Waals surface area (Å²) in [5.41, 5.74) is 0.774. The molecule has 0 unspecified atom stereocenters. The molecule has 16 heavy (non-hydrogen) atoms. The Kier molecular flexibility index (Phi) is 3.69. The number of anilines is 1. The molecule has 0 amide bonds. The van der Waals surface area contributed by atoms with Crippen molar-refractivity contribution >= 4 is 18.9 Å². The molecule has 1 aromatic carbocycles. The van der Waals surface area contributed by atoms with E-state index in [1.165, 1.54) is 5.19 Å². The van der Waals surface area contributed by atoms with Crippen molar-refractivity contribution in [3.63, 3.8) is 0 Å². The molecule has 5 heteroatoms. The van der Waals surface area contributed by atoms with Crippen LogP contribution in [0.5, 0.6) is 0 Å². The topological polar surface area (TPSA) is 55.2 Å². The maximum Gasteiger partial charge on any atom is 0.313 e. The molecule has 0 aliphatic carbocycles. The third-order valence-electron chi connectivity index (χ3n) is 2.10. The van der Waals surface area contributed by atoms with Gasteiger partial charge >= 0.3 is 6.04 Å². The van der Waals surface area contributed by atoms with Crippen molar-refractivity contribution in [1.82, 2.24) is 0 Å². The molecule has 0 atom stereocenters. The minimum atomic E-state index is -1.28. The van der Waals surface area contributed by atoms with Crippen LogP contribution in [0.3, 0.4) is 0 Å². The summed E-state index contributed by atoms with van der Waals surface area (Å²) in [6, 6.07) is 12.0. The van der Waals surface area contributed by atoms with Gasteiger partial charge in [-0.05, 0) is 12.1 Å². The van der Waals surface area contributed by atoms with Gasteiger partial charge < -0.3 is 5.32 Å². The van der Waals surface area contributed by atoms with Gasteiger partial charge in [-0.2, -0.15) is 0 Å². The van der Waals surface area contributed by atoms with Crippen LogP contribution in [0, 0.1) is 22.2 Å². The summed E-state index contributed by atoms with van der Waals surface area (Å²) in [6.45, 7) is 6.80. The van der Waals surface area contributed by atoms with Crippen molar-refractivity contribution in [3.8, 4) is 12.1 Å². The van der Waals surface area contributed by atoms with Crippen LogP contribution in [0.2, 0.25) is 19.6 Å². The minimum Gasteiger partial charge on any atom is -0.310 e. The Labute approximate surface area is 95.8 Å². The predicted octanol–water partition coefficient (Wildman–Crippen LogP) is 1.84. The molecule has 0 fully saturated rings. The molecule has 0 heterocycles. The zero-order valence-corrected chi connectivity index (χ0v) is 10.6. The van der Waals surface area contributed by atoms with Gasteiger partial charge in [-0.3, -0.25) is 0 Å². The first-order valence-corrected chi connectivity index (χ1v) is 8.41. The summed E-state index contributed by atoms with van der Waals surface area (Å²) in [6.07, 6.45) is 0. The Morgan fingerprint density at radius 1 is 1.25 bits per heavy atom. The molecule has 0 bridgehead atoms. The van der Waals surface area contributed by atoms with E-state index in [0.29, 0.717) is 0 Å². The standard InChI is InChI=1S/C11H14N2O2Si/c1-16(2,3)11-6-4-10(5-7-11)12-8-9-13(14)15/h4-7,12H,1-3H3. The van der Waals surface area contributed by atoms with Crippen molar-refractivity contribution < 1.29 is 4.92 Å². The smallest absolute Gasteiger partial charge is 0.310 e. The Bertz CT molecular complexity index is 438. The minimum absolute atomic E-state index is 0.677. The first-order chi connectivity index (χ1) is 7.39. The van der Waals surface area contributed by atoms with Crippen molar-refractivity contribution in [1.29, 1.82) is 0 Å². The molecule has 4 nitrogen and oxygen atoms in total. The van der Waals surface area contributed by atoms with Crippen molar-refractivity contribution in [3.05, 3.63) is 34.4 Å². The highest BCUT2D eigenvalue weighted by atomic mass is 28.3. The van der Waals surface area contributed by atoms with E-state index in [1.807, 2.05) is 30.3 Å². The van der Waals surface area contributed by atoms with E-state index in [-0.39, 0.29) is 0 Å². The lowest BCUT2D eigenvalue weighted by Gasteiger charge is -2.16. The molecular weight excluding hydrogens is 220 g/mol. The second-order valence-corrected chi connectivity index (χ2v) is 9.52. The Hall–Kier alpha value is -1.80. The Morgan fingerprint density at radius 3 is 2.25 bits per heavy atom. The highest BCUT2D eigenvalue weighted by Gasteiger charge is 2.15. The van der Waals surface area contributed by atoms with E-state index in [4.69, 9.17) is 0 Å². The normalized spacial score (nSPS) is 10.2. The Morgan fingerprint density at radius 2 is 1.81 bits per heavy atom. The van der Waals surface area contributed by atoms with Crippen LogP contribution < -0.4 is 10.5 Å². The molecule has 0 saturated carbocycles. The molecular formula is C11H14N2O2Si. The number of hydrogen-bond donors (Lipinski definition) is 1. The summed E-state index contributed by atoms with van der Waals surface area (Å²) in [4.78, 5) is 9.30. The molecule has 84 valence electrons. The van der Waals surface area contributed by atoms with Gasteiger partial charge in [-0.25, -0.2) is 10.1 Å². The predicted molar refractivity (Wildman–Crippen MR) is 67.8 cm³/mol. The van der Waals surface area contributed by atoms with Gasteiger partial charge in [0, 0.05) is 5.69 Å². The SMILES string of the molecule is C[Si](C)(C)c1ccc(NC#C[N+](=O)[O-])cc1. The second kappa shape index (κ2) is 4.81. The van der Waals surface area contributed by atoms with Crippen LogP contribution in [-0.4, -0.2) is 13.0 Å². The highest BCUT2D eigenvalue weighted by Crippen LogP contribution is 2.07. The zero-order chi connectivity index (χ0) is 12.2. The molecule has 0 saturated heterocycles. The van der Waals surface area contributed by atoms with Crippen LogP contribution in [-0.2, 0) is 0 Å². The Balaban J connectivity index is 2.74. The number of nitrogens with zero attached hydrogens (tertiary/aromatic N) is 1. The average Bonchev–Trinajstić information content (AvgIpc) is 2.16. The maximum absolute atomic E-state index is 9.97. The van der Waals surface area contributed by atoms with Gasteiger partial charge in [-0.1, -0.05) is 37.0 Å². The lowest BCUT2D eigenvalue weighted by molar-refractivity contribution is -0.379. The van der Waals surface area contributed by atoms with Crippen LogP contribution in [0.4, 0.5) is 5.69 Å². The number of benzene rings is 1. The van der Waals surface area contributed by atoms with Crippen LogP contribution in [0.25, 0.3) is 0 Å². The highest BCUT2D eigenvalue weighted by molar-refractivity contribution is 6.88. The molecule has 0 aliphatic heterocycles. The number of nitrogens with one attached hydrogen (secondary N) is 1. The summed E-state index contributed by atoms with van der Waals surface area (Å²) >= 11 is 0. The molecule has 1 aromatic rings. The van der Waals surface area contributed by atoms with E-state index in [1.54, 1.807) is 0 Å². The average molecular weight is 234 g/mol. The summed E-state index contributed by atoms with van der Waals surface area (Å²) in [7, 11) is -1.28. The first kappa shape index (κ1) is 12.3. The van der Waals surface area contributed by atoms with E-state index in [0.717, 1.165) is 5.69 Å². The summed E-state index contributed by atoms with van der Waals surface area (Å²) < 4.78 is 0. The molecule has 1 rings (SSSR count). The van der Waals surface area contributed by atoms with Crippen molar-refractivity contribution in [2.75, 3.05) is 5.32 Å². The maximum atomic E-state index is 9.97. The molecule has 0 aromatic heterocycles. The van der Waals surface area contributed by atoms with Crippen LogP contribution >= 0.6 is 0 Å². The lowest BCUT2D eigenvalue weighted by Crippen LogP contribution is -2.37. The lowest BCUT2D eigenvalue weighted by atomic mass is 10.3. The van der Waals surface area contributed by atoms with Crippen LogP contribution in [0.1, 0.15) is 0 Å².